The summed E-state index contributed by atoms with van der Waals surface area (Å²) in [5.74, 6) is 0. The molecule has 16 heavy (non-hydrogen) atoms. The molecule has 0 saturated carbocycles. The third-order valence-corrected chi connectivity index (χ3v) is 4.06. The van der Waals surface area contributed by atoms with Gasteiger partial charge in [-0.05, 0) is 17.5 Å². The Labute approximate surface area is 107 Å². The lowest BCUT2D eigenvalue weighted by atomic mass is 10.2. The minimum absolute atomic E-state index is 0.563. The van der Waals surface area contributed by atoms with Crippen LogP contribution in [0.1, 0.15) is 5.56 Å². The zero-order chi connectivity index (χ0) is 11.1. The van der Waals surface area contributed by atoms with E-state index >= 15 is 0 Å². The van der Waals surface area contributed by atoms with Crippen molar-refractivity contribution in [3.63, 3.8) is 0 Å². The molecule has 0 radical (unpaired) electrons. The van der Waals surface area contributed by atoms with Crippen LogP contribution in [0.3, 0.4) is 0 Å². The largest absolute Gasteiger partial charge is 0.379 e. The predicted molar refractivity (Wildman–Crippen MR) is 71.4 cm³/mol. The van der Waals surface area contributed by atoms with Gasteiger partial charge in [0.2, 0.25) is 0 Å². The molecule has 1 aromatic heterocycles. The van der Waals surface area contributed by atoms with Crippen molar-refractivity contribution in [3.05, 3.63) is 38.5 Å². The molecule has 0 unspecified atom stereocenters. The second kappa shape index (κ2) is 3.84. The molecule has 0 atom stereocenters. The standard InChI is InChI=1S/C11H8Cl2N2S/c12-7-1-9-10(2-8(7)13)15-11-5-16-4-6(11)3-14-9/h1-2,4-5,14-15H,3H2. The van der Waals surface area contributed by atoms with Crippen molar-refractivity contribution in [2.75, 3.05) is 10.6 Å². The number of fused-ring (bicyclic) bond motifs is 2. The molecule has 0 saturated heterocycles. The Morgan fingerprint density at radius 2 is 1.75 bits per heavy atom. The average molecular weight is 271 g/mol. The zero-order valence-electron chi connectivity index (χ0n) is 8.18. The highest BCUT2D eigenvalue weighted by Crippen LogP contribution is 2.38. The summed E-state index contributed by atoms with van der Waals surface area (Å²) in [5, 5.41) is 12.0. The van der Waals surface area contributed by atoms with Gasteiger partial charge in [-0.1, -0.05) is 23.2 Å². The second-order valence-corrected chi connectivity index (χ2v) is 5.16. The van der Waals surface area contributed by atoms with Gasteiger partial charge in [-0.2, -0.15) is 0 Å². The number of benzene rings is 1. The first-order valence-electron chi connectivity index (χ1n) is 4.79. The summed E-state index contributed by atoms with van der Waals surface area (Å²) in [4.78, 5) is 0. The summed E-state index contributed by atoms with van der Waals surface area (Å²) in [6.07, 6.45) is 0. The number of nitrogens with one attached hydrogen (secondary N) is 2. The predicted octanol–water partition coefficient (Wildman–Crippen LogP) is 4.72. The Bertz CT molecular complexity index is 551. The maximum atomic E-state index is 6.00. The van der Waals surface area contributed by atoms with Crippen molar-refractivity contribution in [3.8, 4) is 0 Å². The molecule has 2 nitrogen and oxygen atoms in total. The van der Waals surface area contributed by atoms with E-state index in [4.69, 9.17) is 23.2 Å². The van der Waals surface area contributed by atoms with E-state index in [0.29, 0.717) is 10.0 Å². The lowest BCUT2D eigenvalue weighted by Crippen LogP contribution is -1.96. The van der Waals surface area contributed by atoms with Crippen LogP contribution in [0.4, 0.5) is 17.1 Å². The van der Waals surface area contributed by atoms with Crippen LogP contribution in [0.25, 0.3) is 0 Å². The van der Waals surface area contributed by atoms with Gasteiger partial charge in [0.05, 0.1) is 27.1 Å². The number of thiophene rings is 1. The summed E-state index contributed by atoms with van der Waals surface area (Å²) in [7, 11) is 0. The van der Waals surface area contributed by atoms with E-state index in [1.54, 1.807) is 11.3 Å². The highest BCUT2D eigenvalue weighted by atomic mass is 35.5. The van der Waals surface area contributed by atoms with E-state index in [9.17, 15) is 0 Å². The SMILES string of the molecule is Clc1cc2c(cc1Cl)Nc1cscc1CN2. The number of hydrogen-bond donors (Lipinski definition) is 2. The van der Waals surface area contributed by atoms with Crippen LogP contribution in [0.2, 0.25) is 10.0 Å². The van der Waals surface area contributed by atoms with Crippen molar-refractivity contribution in [2.24, 2.45) is 0 Å². The van der Waals surface area contributed by atoms with E-state index in [-0.39, 0.29) is 0 Å². The van der Waals surface area contributed by atoms with Gasteiger partial charge in [-0.15, -0.1) is 11.3 Å². The molecule has 2 N–H and O–H groups in total. The Balaban J connectivity index is 2.11. The maximum absolute atomic E-state index is 6.00. The first-order valence-corrected chi connectivity index (χ1v) is 6.49. The summed E-state index contributed by atoms with van der Waals surface area (Å²) in [6.45, 7) is 0.802. The molecule has 2 aromatic rings. The number of rotatable bonds is 0. The lowest BCUT2D eigenvalue weighted by molar-refractivity contribution is 1.18. The van der Waals surface area contributed by atoms with Gasteiger partial charge in [-0.3, -0.25) is 0 Å². The van der Waals surface area contributed by atoms with E-state index in [1.807, 2.05) is 12.1 Å². The molecule has 5 heteroatoms. The van der Waals surface area contributed by atoms with Crippen LogP contribution < -0.4 is 10.6 Å². The van der Waals surface area contributed by atoms with Crippen molar-refractivity contribution >= 4 is 51.6 Å². The van der Waals surface area contributed by atoms with E-state index in [2.05, 4.69) is 21.4 Å². The highest BCUT2D eigenvalue weighted by molar-refractivity contribution is 7.08. The molecule has 3 rings (SSSR count). The van der Waals surface area contributed by atoms with E-state index in [1.165, 1.54) is 5.56 Å². The number of halogens is 2. The molecule has 0 amide bonds. The molecule has 82 valence electrons. The molecule has 0 fully saturated rings. The fourth-order valence-electron chi connectivity index (χ4n) is 1.70. The summed E-state index contributed by atoms with van der Waals surface area (Å²) >= 11 is 13.7. The monoisotopic (exact) mass is 270 g/mol. The van der Waals surface area contributed by atoms with E-state index in [0.717, 1.165) is 23.6 Å². The quantitative estimate of drug-likeness (QED) is 0.724. The Morgan fingerprint density at radius 3 is 2.56 bits per heavy atom. The molecular formula is C11H8Cl2N2S. The van der Waals surface area contributed by atoms with Gasteiger partial charge in [0.1, 0.15) is 0 Å². The summed E-state index contributed by atoms with van der Waals surface area (Å²) < 4.78 is 0. The van der Waals surface area contributed by atoms with Crippen LogP contribution in [-0.2, 0) is 6.54 Å². The van der Waals surface area contributed by atoms with Gasteiger partial charge < -0.3 is 10.6 Å². The molecule has 2 heterocycles. The van der Waals surface area contributed by atoms with Crippen molar-refractivity contribution in [1.29, 1.82) is 0 Å². The van der Waals surface area contributed by atoms with Gasteiger partial charge in [0.15, 0.2) is 0 Å². The molecule has 0 aliphatic carbocycles. The Hall–Kier alpha value is -0.900. The van der Waals surface area contributed by atoms with Gasteiger partial charge in [0.25, 0.3) is 0 Å². The Kier molecular flexibility index (Phi) is 2.46. The molecule has 0 bridgehead atoms. The molecule has 1 aromatic carbocycles. The first-order chi connectivity index (χ1) is 7.74. The van der Waals surface area contributed by atoms with Crippen LogP contribution in [0, 0.1) is 0 Å². The highest BCUT2D eigenvalue weighted by Gasteiger charge is 2.14. The topological polar surface area (TPSA) is 24.1 Å². The van der Waals surface area contributed by atoms with Gasteiger partial charge >= 0.3 is 0 Å². The zero-order valence-corrected chi connectivity index (χ0v) is 10.5. The van der Waals surface area contributed by atoms with Crippen LogP contribution >= 0.6 is 34.5 Å². The summed E-state index contributed by atoms with van der Waals surface area (Å²) in [6, 6.07) is 3.69. The van der Waals surface area contributed by atoms with Crippen molar-refractivity contribution < 1.29 is 0 Å². The fourth-order valence-corrected chi connectivity index (χ4v) is 2.82. The maximum Gasteiger partial charge on any atom is 0.0636 e. The molecule has 1 aliphatic heterocycles. The Morgan fingerprint density at radius 1 is 1.00 bits per heavy atom. The fraction of sp³-hybridized carbons (Fsp3) is 0.0909. The average Bonchev–Trinajstić information content (AvgIpc) is 2.63. The minimum Gasteiger partial charge on any atom is -0.379 e. The van der Waals surface area contributed by atoms with Crippen LogP contribution in [0.5, 0.6) is 0 Å². The lowest BCUT2D eigenvalue weighted by Gasteiger charge is -2.10. The molecule has 0 spiro atoms. The number of anilines is 3. The van der Waals surface area contributed by atoms with Crippen LogP contribution in [0.15, 0.2) is 22.9 Å². The second-order valence-electron chi connectivity index (χ2n) is 3.60. The third kappa shape index (κ3) is 1.65. The molecule has 1 aliphatic rings. The first kappa shape index (κ1) is 10.3. The van der Waals surface area contributed by atoms with Crippen molar-refractivity contribution in [2.45, 2.75) is 6.54 Å². The minimum atomic E-state index is 0.563. The normalized spacial score (nSPS) is 13.1. The summed E-state index contributed by atoms with van der Waals surface area (Å²) in [5.41, 5.74) is 4.34. The number of hydrogen-bond acceptors (Lipinski definition) is 3. The van der Waals surface area contributed by atoms with Gasteiger partial charge in [0, 0.05) is 17.5 Å². The van der Waals surface area contributed by atoms with E-state index < -0.39 is 0 Å². The van der Waals surface area contributed by atoms with Crippen LogP contribution in [-0.4, -0.2) is 0 Å². The van der Waals surface area contributed by atoms with Crippen molar-refractivity contribution in [1.82, 2.24) is 0 Å². The van der Waals surface area contributed by atoms with Gasteiger partial charge in [-0.25, -0.2) is 0 Å². The third-order valence-electron chi connectivity index (χ3n) is 2.54. The molecular weight excluding hydrogens is 263 g/mol. The smallest absolute Gasteiger partial charge is 0.0636 e.